The van der Waals surface area contributed by atoms with Crippen molar-refractivity contribution in [2.75, 3.05) is 13.7 Å². The Kier molecular flexibility index (Phi) is 5.50. The van der Waals surface area contributed by atoms with Crippen molar-refractivity contribution in [3.8, 4) is 0 Å². The molecule has 16 heavy (non-hydrogen) atoms. The third-order valence-corrected chi connectivity index (χ3v) is 3.10. The molecule has 1 rings (SSSR count). The second-order valence-corrected chi connectivity index (χ2v) is 4.46. The first-order chi connectivity index (χ1) is 7.67. The minimum Gasteiger partial charge on any atom is -0.396 e. The molecule has 0 heterocycles. The van der Waals surface area contributed by atoms with E-state index in [0.717, 1.165) is 12.8 Å². The van der Waals surface area contributed by atoms with E-state index in [-0.39, 0.29) is 18.6 Å². The van der Waals surface area contributed by atoms with Gasteiger partial charge in [0.2, 0.25) is 0 Å². The van der Waals surface area contributed by atoms with Crippen molar-refractivity contribution in [3.63, 3.8) is 0 Å². The lowest BCUT2D eigenvalue weighted by molar-refractivity contribution is 0.0806. The summed E-state index contributed by atoms with van der Waals surface area (Å²) in [4.78, 5) is 0. The molecule has 2 unspecified atom stereocenters. The van der Waals surface area contributed by atoms with E-state index in [1.807, 2.05) is 13.0 Å². The van der Waals surface area contributed by atoms with Crippen LogP contribution in [-0.2, 0) is 11.2 Å². The van der Waals surface area contributed by atoms with E-state index >= 15 is 0 Å². The molecule has 0 aliphatic rings. The maximum atomic E-state index is 9.37. The lowest BCUT2D eigenvalue weighted by Crippen LogP contribution is -2.18. The van der Waals surface area contributed by atoms with Gasteiger partial charge in [-0.3, -0.25) is 0 Å². The predicted octanol–water partition coefficient (Wildman–Crippen LogP) is 2.57. The van der Waals surface area contributed by atoms with Crippen LogP contribution >= 0.6 is 0 Å². The van der Waals surface area contributed by atoms with Gasteiger partial charge in [0.05, 0.1) is 6.10 Å². The third-order valence-electron chi connectivity index (χ3n) is 3.10. The first kappa shape index (κ1) is 13.2. The number of methoxy groups -OCH3 is 1. The van der Waals surface area contributed by atoms with Gasteiger partial charge in [-0.2, -0.15) is 0 Å². The van der Waals surface area contributed by atoms with Crippen molar-refractivity contribution in [2.24, 2.45) is 5.92 Å². The molecule has 0 saturated carbocycles. The van der Waals surface area contributed by atoms with Gasteiger partial charge >= 0.3 is 0 Å². The van der Waals surface area contributed by atoms with Crippen LogP contribution in [0.15, 0.2) is 24.3 Å². The molecule has 0 spiro atoms. The Morgan fingerprint density at radius 1 is 1.31 bits per heavy atom. The molecule has 0 aromatic heterocycles. The number of ether oxygens (including phenoxy) is 1. The summed E-state index contributed by atoms with van der Waals surface area (Å²) in [6, 6.07) is 8.35. The van der Waals surface area contributed by atoms with E-state index in [1.54, 1.807) is 7.11 Å². The van der Waals surface area contributed by atoms with Crippen LogP contribution < -0.4 is 0 Å². The molecule has 0 fully saturated rings. The number of aryl methyl sites for hydroxylation is 1. The van der Waals surface area contributed by atoms with Crippen LogP contribution in [0.5, 0.6) is 0 Å². The molecule has 0 aliphatic heterocycles. The first-order valence-electron chi connectivity index (χ1n) is 5.85. The van der Waals surface area contributed by atoms with Crippen molar-refractivity contribution in [2.45, 2.75) is 32.8 Å². The van der Waals surface area contributed by atoms with Gasteiger partial charge in [-0.15, -0.1) is 0 Å². The SMILES string of the molecule is COC(C)CC(CO)Cc1ccccc1C. The molecule has 2 nitrogen and oxygen atoms in total. The minimum atomic E-state index is 0.209. The Morgan fingerprint density at radius 2 is 2.00 bits per heavy atom. The average Bonchev–Trinajstić information content (AvgIpc) is 2.30. The molecule has 1 aromatic rings. The lowest BCUT2D eigenvalue weighted by Gasteiger charge is -2.19. The van der Waals surface area contributed by atoms with Gasteiger partial charge < -0.3 is 9.84 Å². The highest BCUT2D eigenvalue weighted by molar-refractivity contribution is 5.25. The van der Waals surface area contributed by atoms with E-state index in [0.29, 0.717) is 0 Å². The summed E-state index contributed by atoms with van der Waals surface area (Å²) in [6.07, 6.45) is 2.04. The normalized spacial score (nSPS) is 14.8. The molecule has 90 valence electrons. The van der Waals surface area contributed by atoms with E-state index in [2.05, 4.69) is 25.1 Å². The number of hydrogen-bond donors (Lipinski definition) is 1. The molecular weight excluding hydrogens is 200 g/mol. The standard InChI is InChI=1S/C14H22O2/c1-11-6-4-5-7-14(11)9-13(10-15)8-12(2)16-3/h4-7,12-13,15H,8-10H2,1-3H3. The molecule has 0 saturated heterocycles. The quantitative estimate of drug-likeness (QED) is 0.801. The number of benzene rings is 1. The van der Waals surface area contributed by atoms with Crippen LogP contribution in [0.3, 0.4) is 0 Å². The molecule has 2 heteroatoms. The van der Waals surface area contributed by atoms with Crippen molar-refractivity contribution in [3.05, 3.63) is 35.4 Å². The Balaban J connectivity index is 2.60. The fraction of sp³-hybridized carbons (Fsp3) is 0.571. The maximum Gasteiger partial charge on any atom is 0.0546 e. The monoisotopic (exact) mass is 222 g/mol. The van der Waals surface area contributed by atoms with E-state index in [4.69, 9.17) is 4.74 Å². The fourth-order valence-electron chi connectivity index (χ4n) is 1.94. The first-order valence-corrected chi connectivity index (χ1v) is 5.85. The lowest BCUT2D eigenvalue weighted by atomic mass is 9.92. The van der Waals surface area contributed by atoms with Crippen molar-refractivity contribution < 1.29 is 9.84 Å². The van der Waals surface area contributed by atoms with Crippen LogP contribution in [0.4, 0.5) is 0 Å². The summed E-state index contributed by atoms with van der Waals surface area (Å²) in [7, 11) is 1.72. The van der Waals surface area contributed by atoms with Crippen LogP contribution in [0.2, 0.25) is 0 Å². The number of hydrogen-bond acceptors (Lipinski definition) is 2. The molecular formula is C14H22O2. The number of aliphatic hydroxyl groups excluding tert-OH is 1. The van der Waals surface area contributed by atoms with Crippen molar-refractivity contribution in [1.29, 1.82) is 0 Å². The zero-order chi connectivity index (χ0) is 12.0. The van der Waals surface area contributed by atoms with Gasteiger partial charge in [0.25, 0.3) is 0 Å². The summed E-state index contributed by atoms with van der Waals surface area (Å²) in [5, 5.41) is 9.37. The summed E-state index contributed by atoms with van der Waals surface area (Å²) >= 11 is 0. The molecule has 0 amide bonds. The maximum absolute atomic E-state index is 9.37. The van der Waals surface area contributed by atoms with Crippen molar-refractivity contribution >= 4 is 0 Å². The van der Waals surface area contributed by atoms with Gasteiger partial charge in [-0.25, -0.2) is 0 Å². The molecule has 2 atom stereocenters. The zero-order valence-electron chi connectivity index (χ0n) is 10.4. The van der Waals surface area contributed by atoms with E-state index < -0.39 is 0 Å². The van der Waals surface area contributed by atoms with Crippen molar-refractivity contribution in [1.82, 2.24) is 0 Å². The highest BCUT2D eigenvalue weighted by atomic mass is 16.5. The summed E-state index contributed by atoms with van der Waals surface area (Å²) < 4.78 is 5.24. The molecule has 1 N–H and O–H groups in total. The second kappa shape index (κ2) is 6.66. The highest BCUT2D eigenvalue weighted by Gasteiger charge is 2.13. The van der Waals surface area contributed by atoms with E-state index in [9.17, 15) is 5.11 Å². The molecule has 1 aromatic carbocycles. The van der Waals surface area contributed by atoms with Crippen LogP contribution in [-0.4, -0.2) is 24.9 Å². The minimum absolute atomic E-state index is 0.209. The average molecular weight is 222 g/mol. The van der Waals surface area contributed by atoms with Crippen LogP contribution in [0.25, 0.3) is 0 Å². The molecule has 0 radical (unpaired) electrons. The number of aliphatic hydroxyl groups is 1. The van der Waals surface area contributed by atoms with Crippen LogP contribution in [0, 0.1) is 12.8 Å². The molecule has 0 aliphatic carbocycles. The topological polar surface area (TPSA) is 29.5 Å². The Hall–Kier alpha value is -0.860. The Morgan fingerprint density at radius 3 is 2.56 bits per heavy atom. The van der Waals surface area contributed by atoms with Gasteiger partial charge in [-0.1, -0.05) is 24.3 Å². The summed E-state index contributed by atoms with van der Waals surface area (Å²) in [6.45, 7) is 4.38. The number of rotatable bonds is 6. The predicted molar refractivity (Wildman–Crippen MR) is 66.5 cm³/mol. The Bertz CT molecular complexity index is 309. The van der Waals surface area contributed by atoms with Gasteiger partial charge in [-0.05, 0) is 43.7 Å². The van der Waals surface area contributed by atoms with Crippen LogP contribution in [0.1, 0.15) is 24.5 Å². The third kappa shape index (κ3) is 3.95. The van der Waals surface area contributed by atoms with Gasteiger partial charge in [0, 0.05) is 13.7 Å². The summed E-state index contributed by atoms with van der Waals surface area (Å²) in [5.74, 6) is 0.288. The van der Waals surface area contributed by atoms with Gasteiger partial charge in [0.15, 0.2) is 0 Å². The summed E-state index contributed by atoms with van der Waals surface area (Å²) in [5.41, 5.74) is 2.62. The zero-order valence-corrected chi connectivity index (χ0v) is 10.4. The Labute approximate surface area is 98.3 Å². The van der Waals surface area contributed by atoms with Gasteiger partial charge in [0.1, 0.15) is 0 Å². The molecule has 0 bridgehead atoms. The van der Waals surface area contributed by atoms with E-state index in [1.165, 1.54) is 11.1 Å². The second-order valence-electron chi connectivity index (χ2n) is 4.46. The smallest absolute Gasteiger partial charge is 0.0546 e. The fourth-order valence-corrected chi connectivity index (χ4v) is 1.94. The highest BCUT2D eigenvalue weighted by Crippen LogP contribution is 2.17. The largest absolute Gasteiger partial charge is 0.396 e.